The number of carbonyl (C=O) groups is 2. The van der Waals surface area contributed by atoms with Crippen LogP contribution in [-0.4, -0.2) is 66.0 Å². The molecule has 5 rings (SSSR count). The van der Waals surface area contributed by atoms with Crippen LogP contribution in [0.1, 0.15) is 85.1 Å². The Morgan fingerprint density at radius 1 is 1.15 bits per heavy atom. The van der Waals surface area contributed by atoms with E-state index in [1.54, 1.807) is 4.90 Å². The minimum atomic E-state index is -0.376. The van der Waals surface area contributed by atoms with Crippen molar-refractivity contribution in [2.45, 2.75) is 70.0 Å². The summed E-state index contributed by atoms with van der Waals surface area (Å²) in [5.74, 6) is 0.00540. The molecule has 3 aliphatic rings. The van der Waals surface area contributed by atoms with Crippen LogP contribution >= 0.6 is 0 Å². The molecule has 2 heterocycles. The maximum Gasteiger partial charge on any atom is 0.251 e. The van der Waals surface area contributed by atoms with Gasteiger partial charge in [0.1, 0.15) is 0 Å². The van der Waals surface area contributed by atoms with Gasteiger partial charge in [-0.05, 0) is 60.9 Å². The molecule has 8 nitrogen and oxygen atoms in total. The van der Waals surface area contributed by atoms with Crippen molar-refractivity contribution in [3.63, 3.8) is 0 Å². The molecule has 2 aromatic carbocycles. The Balaban J connectivity index is 1.38. The summed E-state index contributed by atoms with van der Waals surface area (Å²) in [6, 6.07) is 15.6. The van der Waals surface area contributed by atoms with E-state index in [9.17, 15) is 9.59 Å². The highest BCUT2D eigenvalue weighted by Crippen LogP contribution is 2.34. The lowest BCUT2D eigenvalue weighted by Gasteiger charge is -2.45. The molecule has 8 heteroatoms. The lowest BCUT2D eigenvalue weighted by Crippen LogP contribution is -2.62. The Kier molecular flexibility index (Phi) is 8.33. The van der Waals surface area contributed by atoms with Gasteiger partial charge in [0.15, 0.2) is 5.96 Å². The molecule has 0 unspecified atom stereocenters. The van der Waals surface area contributed by atoms with Crippen LogP contribution in [0.5, 0.6) is 0 Å². The molecule has 2 atom stereocenters. The molecular formula is C31H41N5O3. The summed E-state index contributed by atoms with van der Waals surface area (Å²) in [5.41, 5.74) is 3.57. The van der Waals surface area contributed by atoms with Gasteiger partial charge >= 0.3 is 0 Å². The summed E-state index contributed by atoms with van der Waals surface area (Å²) in [6.45, 7) is 8.04. The van der Waals surface area contributed by atoms with E-state index in [1.807, 2.05) is 36.4 Å². The van der Waals surface area contributed by atoms with E-state index in [4.69, 9.17) is 10.1 Å². The molecule has 0 aromatic heterocycles. The van der Waals surface area contributed by atoms with E-state index in [0.717, 1.165) is 50.9 Å². The Morgan fingerprint density at radius 2 is 1.92 bits per heavy atom. The van der Waals surface area contributed by atoms with Gasteiger partial charge in [-0.1, -0.05) is 50.2 Å². The van der Waals surface area contributed by atoms with Gasteiger partial charge in [0.05, 0.1) is 31.7 Å². The number of ether oxygens (including phenoxy) is 1. The number of carbonyl (C=O) groups excluding carboxylic acids is 2. The number of morpholine rings is 1. The molecule has 0 radical (unpaired) electrons. The number of hydrogen-bond donors (Lipinski definition) is 3. The van der Waals surface area contributed by atoms with Crippen LogP contribution in [-0.2, 0) is 16.0 Å². The summed E-state index contributed by atoms with van der Waals surface area (Å²) in [7, 11) is 0. The van der Waals surface area contributed by atoms with Gasteiger partial charge in [-0.2, -0.15) is 0 Å². The first-order chi connectivity index (χ1) is 18.9. The Bertz CT molecular complexity index is 1180. The van der Waals surface area contributed by atoms with E-state index in [-0.39, 0.29) is 35.4 Å². The van der Waals surface area contributed by atoms with Crippen LogP contribution in [0.2, 0.25) is 0 Å². The van der Waals surface area contributed by atoms with Crippen LogP contribution in [0.4, 0.5) is 0 Å². The number of guanidine groups is 1. The zero-order valence-electron chi connectivity index (χ0n) is 23.2. The normalized spacial score (nSPS) is 21.8. The zero-order valence-corrected chi connectivity index (χ0v) is 23.2. The van der Waals surface area contributed by atoms with Crippen LogP contribution in [0.3, 0.4) is 0 Å². The molecule has 1 aliphatic carbocycles. The molecular weight excluding hydrogens is 490 g/mol. The van der Waals surface area contributed by atoms with Gasteiger partial charge in [-0.15, -0.1) is 0 Å². The Morgan fingerprint density at radius 3 is 2.67 bits per heavy atom. The second kappa shape index (κ2) is 11.9. The number of amides is 2. The second-order valence-corrected chi connectivity index (χ2v) is 11.0. The summed E-state index contributed by atoms with van der Waals surface area (Å²) in [6.07, 6.45) is 4.45. The molecule has 0 saturated carbocycles. The minimum absolute atomic E-state index is 0.00624. The number of aryl methyl sites for hydroxylation is 1. The van der Waals surface area contributed by atoms with E-state index < -0.39 is 0 Å². The highest BCUT2D eigenvalue weighted by molar-refractivity contribution is 6.00. The third-order valence-electron chi connectivity index (χ3n) is 8.84. The Hall–Kier alpha value is -3.23. The fourth-order valence-corrected chi connectivity index (χ4v) is 6.27. The Labute approximate surface area is 231 Å². The molecule has 208 valence electrons. The van der Waals surface area contributed by atoms with Crippen LogP contribution < -0.4 is 10.6 Å². The first-order valence-electron chi connectivity index (χ1n) is 14.4. The number of fused-ring (bicyclic) bond motifs is 1. The third-order valence-corrected chi connectivity index (χ3v) is 8.84. The van der Waals surface area contributed by atoms with E-state index in [2.05, 4.69) is 41.5 Å². The lowest BCUT2D eigenvalue weighted by atomic mass is 9.86. The summed E-state index contributed by atoms with van der Waals surface area (Å²) in [4.78, 5) is 31.0. The fourth-order valence-electron chi connectivity index (χ4n) is 6.27. The fraction of sp³-hybridized carbons (Fsp3) is 0.516. The zero-order chi connectivity index (χ0) is 27.4. The maximum atomic E-state index is 13.6. The van der Waals surface area contributed by atoms with Gasteiger partial charge in [0.25, 0.3) is 5.91 Å². The van der Waals surface area contributed by atoms with Crippen molar-refractivity contribution in [1.82, 2.24) is 20.4 Å². The monoisotopic (exact) mass is 531 g/mol. The molecule has 3 N–H and O–H groups in total. The number of benzene rings is 2. The highest BCUT2D eigenvalue weighted by Gasteiger charge is 2.42. The number of nitrogens with zero attached hydrogens (tertiary/aromatic N) is 2. The largest absolute Gasteiger partial charge is 0.379 e. The number of hydrogen-bond acceptors (Lipinski definition) is 5. The number of rotatable bonds is 9. The lowest BCUT2D eigenvalue weighted by molar-refractivity contribution is -0.133. The standard InChI is InChI=1S/C31H41N5O3/c1-3-31(4-2)21-28(37)36(30(32)34-31)27(14-15-35-16-18-39-19-17-35)23-9-7-10-24(20-23)29(38)33-26-13-12-22-8-5-6-11-25(22)26/h5-11,20,26-27H,3-4,12-19,21H2,1-2H3,(H2,32,34)(H,33,38)/t26-,27+/m0/s1. The smallest absolute Gasteiger partial charge is 0.251 e. The van der Waals surface area contributed by atoms with Crippen LogP contribution in [0, 0.1) is 5.41 Å². The van der Waals surface area contributed by atoms with Crippen molar-refractivity contribution < 1.29 is 14.3 Å². The van der Waals surface area contributed by atoms with E-state index in [0.29, 0.717) is 31.6 Å². The van der Waals surface area contributed by atoms with Crippen molar-refractivity contribution in [3.8, 4) is 0 Å². The average molecular weight is 532 g/mol. The van der Waals surface area contributed by atoms with Crippen molar-refractivity contribution in [2.75, 3.05) is 32.8 Å². The van der Waals surface area contributed by atoms with Gasteiger partial charge in [-0.25, -0.2) is 0 Å². The molecule has 39 heavy (non-hydrogen) atoms. The van der Waals surface area contributed by atoms with Crippen molar-refractivity contribution in [1.29, 1.82) is 5.41 Å². The van der Waals surface area contributed by atoms with Crippen molar-refractivity contribution in [3.05, 3.63) is 70.8 Å². The summed E-state index contributed by atoms with van der Waals surface area (Å²) in [5, 5.41) is 15.5. The first-order valence-corrected chi connectivity index (χ1v) is 14.4. The topological polar surface area (TPSA) is 97.8 Å². The van der Waals surface area contributed by atoms with Crippen LogP contribution in [0.15, 0.2) is 48.5 Å². The molecule has 2 aromatic rings. The van der Waals surface area contributed by atoms with Crippen LogP contribution in [0.25, 0.3) is 0 Å². The first kappa shape index (κ1) is 27.3. The van der Waals surface area contributed by atoms with E-state index in [1.165, 1.54) is 11.1 Å². The van der Waals surface area contributed by atoms with Crippen molar-refractivity contribution >= 4 is 17.8 Å². The molecule has 0 spiro atoms. The summed E-state index contributed by atoms with van der Waals surface area (Å²) < 4.78 is 5.51. The molecule has 2 aliphatic heterocycles. The SMILES string of the molecule is CCC1(CC)CC(=O)N([C@H](CCN2CCOCC2)c2cccc(C(=O)N[C@H]3CCc4ccccc43)c2)C(=N)N1. The second-order valence-electron chi connectivity index (χ2n) is 11.0. The number of nitrogens with one attached hydrogen (secondary N) is 3. The predicted octanol–water partition coefficient (Wildman–Crippen LogP) is 4.18. The van der Waals surface area contributed by atoms with Crippen molar-refractivity contribution in [2.24, 2.45) is 0 Å². The minimum Gasteiger partial charge on any atom is -0.379 e. The van der Waals surface area contributed by atoms with E-state index >= 15 is 0 Å². The van der Waals surface area contributed by atoms with Gasteiger partial charge in [-0.3, -0.25) is 24.8 Å². The third kappa shape index (κ3) is 5.87. The van der Waals surface area contributed by atoms with Gasteiger partial charge < -0.3 is 15.4 Å². The highest BCUT2D eigenvalue weighted by atomic mass is 16.5. The molecule has 2 amide bonds. The molecule has 2 saturated heterocycles. The van der Waals surface area contributed by atoms with Gasteiger partial charge in [0, 0.05) is 30.7 Å². The maximum absolute atomic E-state index is 13.6. The molecule has 0 bridgehead atoms. The van der Waals surface area contributed by atoms with Gasteiger partial charge in [0.2, 0.25) is 5.91 Å². The summed E-state index contributed by atoms with van der Waals surface area (Å²) >= 11 is 0. The average Bonchev–Trinajstić information content (AvgIpc) is 3.37. The quantitative estimate of drug-likeness (QED) is 0.451. The molecule has 2 fully saturated rings. The predicted molar refractivity (Wildman–Crippen MR) is 152 cm³/mol.